The number of aromatic nitrogens is 3. The van der Waals surface area contributed by atoms with E-state index in [1.165, 1.54) is 11.8 Å². The number of rotatable bonds is 4. The summed E-state index contributed by atoms with van der Waals surface area (Å²) in [5.74, 6) is -0.214. The second-order valence-corrected chi connectivity index (χ2v) is 6.90. The van der Waals surface area contributed by atoms with E-state index in [9.17, 15) is 4.79 Å². The van der Waals surface area contributed by atoms with Crippen LogP contribution < -0.4 is 5.32 Å². The number of pyridine rings is 2. The van der Waals surface area contributed by atoms with Crippen LogP contribution in [-0.2, 0) is 0 Å². The molecule has 4 rings (SSSR count). The summed E-state index contributed by atoms with van der Waals surface area (Å²) >= 11 is 1.51. The maximum atomic E-state index is 13.0. The predicted molar refractivity (Wildman–Crippen MR) is 109 cm³/mol. The first kappa shape index (κ1) is 17.3. The molecule has 134 valence electrons. The van der Waals surface area contributed by atoms with Crippen LogP contribution in [0.5, 0.6) is 0 Å². The molecule has 0 saturated carbocycles. The molecule has 5 nitrogen and oxygen atoms in total. The van der Waals surface area contributed by atoms with Crippen molar-refractivity contribution in [3.63, 3.8) is 0 Å². The fourth-order valence-electron chi connectivity index (χ4n) is 2.98. The van der Waals surface area contributed by atoms with Gasteiger partial charge in [-0.2, -0.15) is 0 Å². The van der Waals surface area contributed by atoms with Gasteiger partial charge in [0, 0.05) is 24.3 Å². The normalized spacial score (nSPS) is 10.9. The fraction of sp³-hybridized carbons (Fsp3) is 0.0952. The summed E-state index contributed by atoms with van der Waals surface area (Å²) in [4.78, 5) is 21.5. The number of benzene rings is 1. The number of amides is 1. The minimum absolute atomic E-state index is 0.214. The molecule has 0 unspecified atom stereocenters. The van der Waals surface area contributed by atoms with Crippen molar-refractivity contribution in [1.82, 2.24) is 14.4 Å². The summed E-state index contributed by atoms with van der Waals surface area (Å²) in [6.45, 7) is 1.98. The molecule has 1 amide bonds. The number of carbonyl (C=O) groups excluding carboxylic acids is 1. The standard InChI is InChI=1S/C21H18N4OS/c1-14-6-7-16(15-8-10-22-11-9-15)13-17(14)23-20(26)19-18-5-3-4-12-25(18)21(24-19)27-2/h3-13H,1-2H3,(H,23,26). The van der Waals surface area contributed by atoms with Crippen LogP contribution in [-0.4, -0.2) is 26.5 Å². The number of nitrogens with one attached hydrogen (secondary N) is 1. The Hall–Kier alpha value is -3.12. The molecule has 0 radical (unpaired) electrons. The van der Waals surface area contributed by atoms with Crippen molar-refractivity contribution in [1.29, 1.82) is 0 Å². The molecular weight excluding hydrogens is 356 g/mol. The predicted octanol–water partition coefficient (Wildman–Crippen LogP) is 4.68. The van der Waals surface area contributed by atoms with E-state index in [4.69, 9.17) is 0 Å². The third kappa shape index (κ3) is 3.31. The fourth-order valence-corrected chi connectivity index (χ4v) is 3.52. The number of hydrogen-bond acceptors (Lipinski definition) is 4. The summed E-state index contributed by atoms with van der Waals surface area (Å²) in [5, 5.41) is 3.82. The minimum atomic E-state index is -0.214. The highest BCUT2D eigenvalue weighted by Gasteiger charge is 2.18. The molecule has 0 aliphatic carbocycles. The molecule has 0 atom stereocenters. The molecule has 3 aromatic heterocycles. The molecule has 1 aromatic carbocycles. The van der Waals surface area contributed by atoms with Crippen molar-refractivity contribution in [2.75, 3.05) is 11.6 Å². The van der Waals surface area contributed by atoms with Crippen molar-refractivity contribution in [2.45, 2.75) is 12.1 Å². The Kier molecular flexibility index (Phi) is 4.64. The topological polar surface area (TPSA) is 59.3 Å². The lowest BCUT2D eigenvalue weighted by Gasteiger charge is -2.10. The number of anilines is 1. The maximum Gasteiger partial charge on any atom is 0.276 e. The van der Waals surface area contributed by atoms with Gasteiger partial charge in [-0.25, -0.2) is 4.98 Å². The molecule has 3 heterocycles. The van der Waals surface area contributed by atoms with Gasteiger partial charge in [-0.3, -0.25) is 14.2 Å². The van der Waals surface area contributed by atoms with Gasteiger partial charge in [0.25, 0.3) is 5.91 Å². The first-order valence-electron chi connectivity index (χ1n) is 8.51. The van der Waals surface area contributed by atoms with E-state index < -0.39 is 0 Å². The van der Waals surface area contributed by atoms with Gasteiger partial charge >= 0.3 is 0 Å². The van der Waals surface area contributed by atoms with Gasteiger partial charge in [0.05, 0.1) is 5.52 Å². The summed E-state index contributed by atoms with van der Waals surface area (Å²) in [5.41, 5.74) is 5.07. The molecular formula is C21H18N4OS. The van der Waals surface area contributed by atoms with E-state index >= 15 is 0 Å². The van der Waals surface area contributed by atoms with Crippen LogP contribution in [0, 0.1) is 6.92 Å². The van der Waals surface area contributed by atoms with Crippen molar-refractivity contribution in [3.8, 4) is 11.1 Å². The quantitative estimate of drug-likeness (QED) is 0.527. The van der Waals surface area contributed by atoms with Crippen molar-refractivity contribution in [3.05, 3.63) is 78.4 Å². The molecule has 4 aromatic rings. The average Bonchev–Trinajstić information content (AvgIpc) is 3.09. The van der Waals surface area contributed by atoms with Crippen LogP contribution in [0.1, 0.15) is 16.1 Å². The number of fused-ring (bicyclic) bond motifs is 1. The van der Waals surface area contributed by atoms with E-state index in [0.717, 1.165) is 33.1 Å². The number of imidazole rings is 1. The molecule has 27 heavy (non-hydrogen) atoms. The number of hydrogen-bond donors (Lipinski definition) is 1. The van der Waals surface area contributed by atoms with Crippen LogP contribution in [0.25, 0.3) is 16.6 Å². The molecule has 1 N–H and O–H groups in total. The summed E-state index contributed by atoms with van der Waals surface area (Å²) in [6, 6.07) is 15.7. The first-order chi connectivity index (χ1) is 13.2. The van der Waals surface area contributed by atoms with E-state index in [1.54, 1.807) is 12.4 Å². The number of carbonyl (C=O) groups is 1. The van der Waals surface area contributed by atoms with Gasteiger partial charge in [-0.05, 0) is 60.2 Å². The highest BCUT2D eigenvalue weighted by atomic mass is 32.2. The van der Waals surface area contributed by atoms with Gasteiger partial charge in [0.15, 0.2) is 10.9 Å². The van der Waals surface area contributed by atoms with E-state index in [-0.39, 0.29) is 5.91 Å². The molecule has 0 bridgehead atoms. The Bertz CT molecular complexity index is 1120. The zero-order chi connectivity index (χ0) is 18.8. The van der Waals surface area contributed by atoms with Gasteiger partial charge < -0.3 is 5.32 Å². The van der Waals surface area contributed by atoms with Gasteiger partial charge in [-0.15, -0.1) is 0 Å². The Balaban J connectivity index is 1.70. The number of aryl methyl sites for hydroxylation is 1. The lowest BCUT2D eigenvalue weighted by molar-refractivity contribution is 0.102. The van der Waals surface area contributed by atoms with Crippen LogP contribution in [0.3, 0.4) is 0 Å². The molecule has 0 fully saturated rings. The zero-order valence-corrected chi connectivity index (χ0v) is 15.8. The SMILES string of the molecule is CSc1nc(C(=O)Nc2cc(-c3ccncc3)ccc2C)c2ccccn12. The van der Waals surface area contributed by atoms with Crippen molar-refractivity contribution >= 4 is 28.9 Å². The third-order valence-corrected chi connectivity index (χ3v) is 5.07. The number of thioether (sulfide) groups is 1. The van der Waals surface area contributed by atoms with Gasteiger partial charge in [0.2, 0.25) is 0 Å². The molecule has 0 aliphatic heterocycles. The Morgan fingerprint density at radius 1 is 1.07 bits per heavy atom. The summed E-state index contributed by atoms with van der Waals surface area (Å²) in [7, 11) is 0. The molecule has 0 spiro atoms. The lowest BCUT2D eigenvalue weighted by atomic mass is 10.0. The van der Waals surface area contributed by atoms with Gasteiger partial charge in [-0.1, -0.05) is 30.0 Å². The van der Waals surface area contributed by atoms with Crippen molar-refractivity contribution < 1.29 is 4.79 Å². The highest BCUT2D eigenvalue weighted by molar-refractivity contribution is 7.98. The molecule has 6 heteroatoms. The Morgan fingerprint density at radius 2 is 1.89 bits per heavy atom. The summed E-state index contributed by atoms with van der Waals surface area (Å²) < 4.78 is 1.93. The van der Waals surface area contributed by atoms with E-state index in [0.29, 0.717) is 5.69 Å². The van der Waals surface area contributed by atoms with Crippen LogP contribution in [0.15, 0.2) is 72.3 Å². The van der Waals surface area contributed by atoms with E-state index in [1.807, 2.05) is 72.3 Å². The smallest absolute Gasteiger partial charge is 0.276 e. The molecule has 0 saturated heterocycles. The van der Waals surface area contributed by atoms with Crippen LogP contribution in [0.4, 0.5) is 5.69 Å². The van der Waals surface area contributed by atoms with Crippen molar-refractivity contribution in [2.24, 2.45) is 0 Å². The van der Waals surface area contributed by atoms with E-state index in [2.05, 4.69) is 15.3 Å². The second kappa shape index (κ2) is 7.25. The van der Waals surface area contributed by atoms with Gasteiger partial charge in [0.1, 0.15) is 0 Å². The second-order valence-electron chi connectivity index (χ2n) is 6.12. The lowest BCUT2D eigenvalue weighted by Crippen LogP contribution is -2.13. The summed E-state index contributed by atoms with van der Waals surface area (Å²) in [6.07, 6.45) is 7.38. The monoisotopic (exact) mass is 374 g/mol. The zero-order valence-electron chi connectivity index (χ0n) is 15.0. The Labute approximate surface area is 161 Å². The largest absolute Gasteiger partial charge is 0.320 e. The average molecular weight is 374 g/mol. The highest BCUT2D eigenvalue weighted by Crippen LogP contribution is 2.26. The molecule has 0 aliphatic rings. The van der Waals surface area contributed by atoms with Crippen LogP contribution >= 0.6 is 11.8 Å². The third-order valence-electron chi connectivity index (χ3n) is 4.41. The van der Waals surface area contributed by atoms with Crippen LogP contribution in [0.2, 0.25) is 0 Å². The Morgan fingerprint density at radius 3 is 2.67 bits per heavy atom. The number of nitrogens with zero attached hydrogens (tertiary/aromatic N) is 3. The first-order valence-corrected chi connectivity index (χ1v) is 9.73. The maximum absolute atomic E-state index is 13.0. The minimum Gasteiger partial charge on any atom is -0.320 e.